The Balaban J connectivity index is 1.84. The number of fused-ring (bicyclic) bond motifs is 1. The van der Waals surface area contributed by atoms with Crippen LogP contribution in [-0.4, -0.2) is 17.0 Å². The van der Waals surface area contributed by atoms with Crippen LogP contribution in [0.15, 0.2) is 60.7 Å². The van der Waals surface area contributed by atoms with Gasteiger partial charge in [-0.2, -0.15) is 0 Å². The Morgan fingerprint density at radius 3 is 2.46 bits per heavy atom. The third-order valence-corrected chi connectivity index (χ3v) is 4.08. The molecule has 2 aromatic rings. The number of allylic oxidation sites excluding steroid dienone is 1. The minimum Gasteiger partial charge on any atom is -0.481 e. The molecule has 0 radical (unpaired) electrons. The van der Waals surface area contributed by atoms with E-state index in [0.717, 1.165) is 23.4 Å². The zero-order valence-electron chi connectivity index (χ0n) is 13.3. The average Bonchev–Trinajstić information content (AvgIpc) is 2.87. The van der Waals surface area contributed by atoms with Gasteiger partial charge in [0.1, 0.15) is 0 Å². The van der Waals surface area contributed by atoms with Crippen LogP contribution in [0.4, 0.5) is 11.4 Å². The fourth-order valence-corrected chi connectivity index (χ4v) is 2.94. The number of para-hydroxylation sites is 2. The van der Waals surface area contributed by atoms with Gasteiger partial charge in [-0.15, -0.1) is 0 Å². The summed E-state index contributed by atoms with van der Waals surface area (Å²) in [5, 5.41) is 8.68. The highest BCUT2D eigenvalue weighted by Gasteiger charge is 2.32. The Morgan fingerprint density at radius 2 is 1.71 bits per heavy atom. The first kappa shape index (κ1) is 16.0. The number of carboxylic acid groups (broad SMARTS) is 1. The van der Waals surface area contributed by atoms with Gasteiger partial charge in [-0.05, 0) is 37.5 Å². The van der Waals surface area contributed by atoms with Crippen LogP contribution in [0.25, 0.3) is 5.57 Å². The van der Waals surface area contributed by atoms with Crippen molar-refractivity contribution in [3.05, 3.63) is 66.2 Å². The van der Waals surface area contributed by atoms with Crippen LogP contribution in [0, 0.1) is 0 Å². The molecule has 0 atom stereocenters. The number of nitrogens with zero attached hydrogens (tertiary/aromatic N) is 1. The lowest BCUT2D eigenvalue weighted by molar-refractivity contribution is -0.137. The van der Waals surface area contributed by atoms with Gasteiger partial charge >= 0.3 is 5.97 Å². The minimum atomic E-state index is -0.778. The van der Waals surface area contributed by atoms with Crippen LogP contribution in [-0.2, 0) is 9.59 Å². The van der Waals surface area contributed by atoms with Gasteiger partial charge in [0.2, 0.25) is 0 Å². The number of carbonyl (C=O) groups is 2. The lowest BCUT2D eigenvalue weighted by atomic mass is 10.0. The molecule has 3 rings (SSSR count). The Kier molecular flexibility index (Phi) is 4.75. The summed E-state index contributed by atoms with van der Waals surface area (Å²) in [6, 6.07) is 17.4. The number of unbranched alkanes of at least 4 members (excludes halogenated alkanes) is 2. The van der Waals surface area contributed by atoms with Crippen molar-refractivity contribution in [3.63, 3.8) is 0 Å². The number of aliphatic carboxylic acids is 1. The van der Waals surface area contributed by atoms with E-state index in [9.17, 15) is 9.59 Å². The Morgan fingerprint density at radius 1 is 1.00 bits per heavy atom. The minimum absolute atomic E-state index is 0.0272. The molecule has 1 aliphatic heterocycles. The van der Waals surface area contributed by atoms with E-state index >= 15 is 0 Å². The molecule has 0 aromatic heterocycles. The van der Waals surface area contributed by atoms with Gasteiger partial charge in [-0.25, -0.2) is 0 Å². The third kappa shape index (κ3) is 3.23. The first-order valence-electron chi connectivity index (χ1n) is 8.09. The van der Waals surface area contributed by atoms with Crippen LogP contribution in [0.1, 0.15) is 31.2 Å². The summed E-state index contributed by atoms with van der Waals surface area (Å²) >= 11 is 0. The van der Waals surface area contributed by atoms with E-state index in [-0.39, 0.29) is 12.3 Å². The van der Waals surface area contributed by atoms with Crippen molar-refractivity contribution < 1.29 is 14.7 Å². The van der Waals surface area contributed by atoms with Crippen LogP contribution in [0.3, 0.4) is 0 Å². The monoisotopic (exact) mass is 321 g/mol. The van der Waals surface area contributed by atoms with Crippen molar-refractivity contribution in [1.82, 2.24) is 0 Å². The molecule has 0 spiro atoms. The summed E-state index contributed by atoms with van der Waals surface area (Å²) in [5.74, 6) is -0.805. The maximum absolute atomic E-state index is 12.9. The zero-order chi connectivity index (χ0) is 16.9. The van der Waals surface area contributed by atoms with Crippen LogP contribution >= 0.6 is 0 Å². The Hall–Kier alpha value is -2.88. The molecular weight excluding hydrogens is 302 g/mol. The lowest BCUT2D eigenvalue weighted by Gasteiger charge is -2.16. The Bertz CT molecular complexity index is 780. The van der Waals surface area contributed by atoms with Gasteiger partial charge in [-0.3, -0.25) is 14.5 Å². The van der Waals surface area contributed by atoms with Gasteiger partial charge in [-0.1, -0.05) is 42.5 Å². The normalized spacial score (nSPS) is 14.9. The van der Waals surface area contributed by atoms with E-state index < -0.39 is 5.97 Å². The molecule has 1 heterocycles. The predicted octanol–water partition coefficient (Wildman–Crippen LogP) is 4.39. The standard InChI is InChI=1S/C20H19NO3/c22-19(23)14-6-2-5-12-17-16-11-7-8-13-18(16)21(20(17)24)15-9-3-1-4-10-15/h1,3-4,7-13H,2,5-6,14H2,(H,22,23)/b17-12+. The molecule has 2 aromatic carbocycles. The molecule has 0 fully saturated rings. The van der Waals surface area contributed by atoms with E-state index in [1.165, 1.54) is 0 Å². The topological polar surface area (TPSA) is 57.6 Å². The third-order valence-electron chi connectivity index (χ3n) is 4.08. The largest absolute Gasteiger partial charge is 0.481 e. The number of benzene rings is 2. The zero-order valence-corrected chi connectivity index (χ0v) is 13.3. The number of amides is 1. The van der Waals surface area contributed by atoms with E-state index in [1.807, 2.05) is 60.7 Å². The predicted molar refractivity (Wildman–Crippen MR) is 94.1 cm³/mol. The molecule has 0 unspecified atom stereocenters. The summed E-state index contributed by atoms with van der Waals surface area (Å²) < 4.78 is 0. The molecule has 1 aliphatic rings. The van der Waals surface area contributed by atoms with E-state index in [0.29, 0.717) is 18.4 Å². The van der Waals surface area contributed by atoms with Crippen molar-refractivity contribution in [3.8, 4) is 0 Å². The molecule has 1 N–H and O–H groups in total. The van der Waals surface area contributed by atoms with E-state index in [4.69, 9.17) is 5.11 Å². The van der Waals surface area contributed by atoms with E-state index in [1.54, 1.807) is 4.90 Å². The first-order valence-corrected chi connectivity index (χ1v) is 8.09. The highest BCUT2D eigenvalue weighted by molar-refractivity contribution is 6.34. The fraction of sp³-hybridized carbons (Fsp3) is 0.200. The molecule has 0 saturated heterocycles. The van der Waals surface area contributed by atoms with Crippen molar-refractivity contribution in [2.45, 2.75) is 25.7 Å². The SMILES string of the molecule is O=C(O)CCCC/C=C1/C(=O)N(c2ccccc2)c2ccccc21. The highest BCUT2D eigenvalue weighted by Crippen LogP contribution is 2.41. The van der Waals surface area contributed by atoms with Gasteiger partial charge in [0.25, 0.3) is 5.91 Å². The van der Waals surface area contributed by atoms with Gasteiger partial charge in [0.15, 0.2) is 0 Å². The van der Waals surface area contributed by atoms with Crippen LogP contribution in [0.5, 0.6) is 0 Å². The van der Waals surface area contributed by atoms with Crippen molar-refractivity contribution >= 4 is 28.8 Å². The number of anilines is 2. The van der Waals surface area contributed by atoms with E-state index in [2.05, 4.69) is 0 Å². The summed E-state index contributed by atoms with van der Waals surface area (Å²) in [6.45, 7) is 0. The summed E-state index contributed by atoms with van der Waals surface area (Å²) in [6.07, 6.45) is 4.19. The molecule has 0 saturated carbocycles. The van der Waals surface area contributed by atoms with Crippen molar-refractivity contribution in [2.75, 3.05) is 4.90 Å². The Labute approximate surface area is 141 Å². The highest BCUT2D eigenvalue weighted by atomic mass is 16.4. The molecule has 24 heavy (non-hydrogen) atoms. The van der Waals surface area contributed by atoms with Gasteiger partial charge in [0, 0.05) is 23.2 Å². The summed E-state index contributed by atoms with van der Waals surface area (Å²) in [4.78, 5) is 25.2. The number of hydrogen-bond acceptors (Lipinski definition) is 2. The quantitative estimate of drug-likeness (QED) is 0.634. The summed E-state index contributed by atoms with van der Waals surface area (Å²) in [7, 11) is 0. The molecule has 0 bridgehead atoms. The van der Waals surface area contributed by atoms with Crippen molar-refractivity contribution in [1.29, 1.82) is 0 Å². The number of hydrogen-bond donors (Lipinski definition) is 1. The molecule has 1 amide bonds. The number of carbonyl (C=O) groups excluding carboxylic acids is 1. The fourth-order valence-electron chi connectivity index (χ4n) is 2.94. The molecular formula is C20H19NO3. The molecule has 122 valence electrons. The maximum Gasteiger partial charge on any atom is 0.303 e. The smallest absolute Gasteiger partial charge is 0.303 e. The van der Waals surface area contributed by atoms with Crippen LogP contribution in [0.2, 0.25) is 0 Å². The van der Waals surface area contributed by atoms with Crippen molar-refractivity contribution in [2.24, 2.45) is 0 Å². The second-order valence-electron chi connectivity index (χ2n) is 5.75. The van der Waals surface area contributed by atoms with Gasteiger partial charge in [0.05, 0.1) is 5.69 Å². The summed E-state index contributed by atoms with van der Waals surface area (Å²) in [5.41, 5.74) is 3.38. The van der Waals surface area contributed by atoms with Gasteiger partial charge < -0.3 is 5.11 Å². The second-order valence-corrected chi connectivity index (χ2v) is 5.75. The maximum atomic E-state index is 12.9. The number of carboxylic acids is 1. The number of rotatable bonds is 6. The average molecular weight is 321 g/mol. The molecule has 0 aliphatic carbocycles. The first-order chi connectivity index (χ1) is 11.7. The second kappa shape index (κ2) is 7.13. The molecule has 4 heteroatoms. The molecule has 4 nitrogen and oxygen atoms in total. The van der Waals surface area contributed by atoms with Crippen LogP contribution < -0.4 is 4.90 Å². The lowest BCUT2D eigenvalue weighted by Crippen LogP contribution is -2.20.